The SMILES string of the molecule is CSC1CCCN1C(=O)C(C)CS. The lowest BCUT2D eigenvalue weighted by Gasteiger charge is -2.25. The number of hydrogen-bond donors (Lipinski definition) is 1. The minimum Gasteiger partial charge on any atom is -0.330 e. The monoisotopic (exact) mass is 219 g/mol. The van der Waals surface area contributed by atoms with Crippen LogP contribution in [0, 0.1) is 5.92 Å². The van der Waals surface area contributed by atoms with Crippen LogP contribution in [0.3, 0.4) is 0 Å². The number of thioether (sulfide) groups is 1. The smallest absolute Gasteiger partial charge is 0.227 e. The highest BCUT2D eigenvalue weighted by Crippen LogP contribution is 2.26. The topological polar surface area (TPSA) is 20.3 Å². The summed E-state index contributed by atoms with van der Waals surface area (Å²) in [4.78, 5) is 13.8. The second kappa shape index (κ2) is 5.15. The summed E-state index contributed by atoms with van der Waals surface area (Å²) in [7, 11) is 0. The Morgan fingerprint density at radius 2 is 2.46 bits per heavy atom. The first kappa shape index (κ1) is 11.2. The molecule has 1 heterocycles. The Morgan fingerprint density at radius 3 is 3.00 bits per heavy atom. The van der Waals surface area contributed by atoms with Gasteiger partial charge in [0, 0.05) is 18.2 Å². The molecule has 0 spiro atoms. The van der Waals surface area contributed by atoms with E-state index in [9.17, 15) is 4.79 Å². The number of amides is 1. The fourth-order valence-electron chi connectivity index (χ4n) is 1.59. The molecule has 1 fully saturated rings. The first-order valence-electron chi connectivity index (χ1n) is 4.64. The molecular weight excluding hydrogens is 202 g/mol. The van der Waals surface area contributed by atoms with Gasteiger partial charge in [-0.25, -0.2) is 0 Å². The molecule has 2 atom stereocenters. The van der Waals surface area contributed by atoms with E-state index >= 15 is 0 Å². The molecule has 0 radical (unpaired) electrons. The quantitative estimate of drug-likeness (QED) is 0.731. The van der Waals surface area contributed by atoms with Gasteiger partial charge < -0.3 is 4.90 Å². The molecule has 0 aromatic heterocycles. The van der Waals surface area contributed by atoms with Crippen LogP contribution in [0.4, 0.5) is 0 Å². The summed E-state index contributed by atoms with van der Waals surface area (Å²) in [6.07, 6.45) is 4.37. The third-order valence-corrected chi connectivity index (χ3v) is 4.03. The van der Waals surface area contributed by atoms with Gasteiger partial charge in [0.25, 0.3) is 0 Å². The van der Waals surface area contributed by atoms with Gasteiger partial charge in [-0.1, -0.05) is 6.92 Å². The molecule has 1 saturated heterocycles. The summed E-state index contributed by atoms with van der Waals surface area (Å²) in [5.41, 5.74) is 0. The van der Waals surface area contributed by atoms with E-state index in [0.29, 0.717) is 11.1 Å². The minimum absolute atomic E-state index is 0.0658. The third kappa shape index (κ3) is 2.56. The van der Waals surface area contributed by atoms with Crippen molar-refractivity contribution in [1.29, 1.82) is 0 Å². The van der Waals surface area contributed by atoms with Gasteiger partial charge in [0.2, 0.25) is 5.91 Å². The first-order chi connectivity index (χ1) is 6.20. The van der Waals surface area contributed by atoms with Gasteiger partial charge in [-0.05, 0) is 19.1 Å². The van der Waals surface area contributed by atoms with Crippen LogP contribution in [0.25, 0.3) is 0 Å². The van der Waals surface area contributed by atoms with Crippen molar-refractivity contribution in [3.63, 3.8) is 0 Å². The van der Waals surface area contributed by atoms with Gasteiger partial charge in [-0.2, -0.15) is 12.6 Å². The maximum absolute atomic E-state index is 11.8. The highest BCUT2D eigenvalue weighted by molar-refractivity contribution is 7.99. The van der Waals surface area contributed by atoms with Crippen LogP contribution in [0.15, 0.2) is 0 Å². The zero-order chi connectivity index (χ0) is 9.84. The molecule has 0 bridgehead atoms. The Kier molecular flexibility index (Phi) is 4.46. The molecule has 1 rings (SSSR count). The second-order valence-corrected chi connectivity index (χ2v) is 4.83. The van der Waals surface area contributed by atoms with Crippen molar-refractivity contribution in [2.24, 2.45) is 5.92 Å². The van der Waals surface area contributed by atoms with Gasteiger partial charge in [-0.15, -0.1) is 11.8 Å². The molecule has 76 valence electrons. The summed E-state index contributed by atoms with van der Waals surface area (Å²) >= 11 is 5.93. The lowest BCUT2D eigenvalue weighted by atomic mass is 10.2. The fourth-order valence-corrected chi connectivity index (χ4v) is 2.62. The maximum atomic E-state index is 11.8. The molecule has 0 saturated carbocycles. The van der Waals surface area contributed by atoms with Crippen LogP contribution in [0.1, 0.15) is 19.8 Å². The van der Waals surface area contributed by atoms with Crippen molar-refractivity contribution >= 4 is 30.3 Å². The van der Waals surface area contributed by atoms with Gasteiger partial charge >= 0.3 is 0 Å². The average molecular weight is 219 g/mol. The Labute approximate surface area is 89.9 Å². The summed E-state index contributed by atoms with van der Waals surface area (Å²) in [5, 5.41) is 0.412. The minimum atomic E-state index is 0.0658. The van der Waals surface area contributed by atoms with Crippen molar-refractivity contribution in [2.45, 2.75) is 25.1 Å². The molecule has 0 aromatic carbocycles. The number of thiol groups is 1. The Bertz CT molecular complexity index is 186. The van der Waals surface area contributed by atoms with E-state index in [1.165, 1.54) is 0 Å². The van der Waals surface area contributed by atoms with Crippen molar-refractivity contribution in [1.82, 2.24) is 4.90 Å². The average Bonchev–Trinajstić information content (AvgIpc) is 2.62. The molecule has 0 aliphatic carbocycles. The highest BCUT2D eigenvalue weighted by atomic mass is 32.2. The summed E-state index contributed by atoms with van der Waals surface area (Å²) in [5.74, 6) is 0.985. The lowest BCUT2D eigenvalue weighted by molar-refractivity contribution is -0.133. The predicted molar refractivity (Wildman–Crippen MR) is 61.3 cm³/mol. The molecule has 0 N–H and O–H groups in total. The molecule has 1 amide bonds. The van der Waals surface area contributed by atoms with E-state index in [4.69, 9.17) is 0 Å². The lowest BCUT2D eigenvalue weighted by Crippen LogP contribution is -2.37. The summed E-state index contributed by atoms with van der Waals surface area (Å²) in [6, 6.07) is 0. The van der Waals surface area contributed by atoms with Gasteiger partial charge in [-0.3, -0.25) is 4.79 Å². The number of likely N-dealkylation sites (tertiary alicyclic amines) is 1. The van der Waals surface area contributed by atoms with Crippen molar-refractivity contribution in [3.05, 3.63) is 0 Å². The molecule has 13 heavy (non-hydrogen) atoms. The van der Waals surface area contributed by atoms with Crippen molar-refractivity contribution < 1.29 is 4.79 Å². The zero-order valence-corrected chi connectivity index (χ0v) is 9.90. The normalized spacial score (nSPS) is 24.8. The Balaban J connectivity index is 2.54. The van der Waals surface area contributed by atoms with Gasteiger partial charge in [0.15, 0.2) is 0 Å². The molecule has 4 heteroatoms. The molecule has 2 unspecified atom stereocenters. The Morgan fingerprint density at radius 1 is 1.77 bits per heavy atom. The van der Waals surface area contributed by atoms with E-state index in [-0.39, 0.29) is 11.8 Å². The van der Waals surface area contributed by atoms with Crippen LogP contribution in [-0.2, 0) is 4.79 Å². The van der Waals surface area contributed by atoms with Crippen LogP contribution in [0.2, 0.25) is 0 Å². The van der Waals surface area contributed by atoms with Gasteiger partial charge in [0.05, 0.1) is 5.37 Å². The summed E-state index contributed by atoms with van der Waals surface area (Å²) in [6.45, 7) is 2.88. The van der Waals surface area contributed by atoms with E-state index in [0.717, 1.165) is 19.4 Å². The molecular formula is C9H17NOS2. The van der Waals surface area contributed by atoms with Crippen LogP contribution < -0.4 is 0 Å². The second-order valence-electron chi connectivity index (χ2n) is 3.45. The summed E-state index contributed by atoms with van der Waals surface area (Å²) < 4.78 is 0. The van der Waals surface area contributed by atoms with Crippen LogP contribution >= 0.6 is 24.4 Å². The Hall–Kier alpha value is 0.170. The number of hydrogen-bond acceptors (Lipinski definition) is 3. The van der Waals surface area contributed by atoms with E-state index in [1.807, 2.05) is 11.8 Å². The molecule has 1 aliphatic rings. The third-order valence-electron chi connectivity index (χ3n) is 2.45. The van der Waals surface area contributed by atoms with Crippen molar-refractivity contribution in [2.75, 3.05) is 18.6 Å². The highest BCUT2D eigenvalue weighted by Gasteiger charge is 2.29. The van der Waals surface area contributed by atoms with Crippen molar-refractivity contribution in [3.8, 4) is 0 Å². The fraction of sp³-hybridized carbons (Fsp3) is 0.889. The standard InChI is InChI=1S/C9H17NOS2/c1-7(6-12)9(11)10-5-3-4-8(10)13-2/h7-8,12H,3-6H2,1-2H3. The van der Waals surface area contributed by atoms with E-state index in [2.05, 4.69) is 18.9 Å². The number of carbonyl (C=O) groups is 1. The van der Waals surface area contributed by atoms with E-state index in [1.54, 1.807) is 11.8 Å². The largest absolute Gasteiger partial charge is 0.330 e. The zero-order valence-electron chi connectivity index (χ0n) is 8.19. The van der Waals surface area contributed by atoms with Crippen LogP contribution in [0.5, 0.6) is 0 Å². The first-order valence-corrected chi connectivity index (χ1v) is 6.57. The molecule has 0 aromatic rings. The maximum Gasteiger partial charge on any atom is 0.227 e. The number of carbonyl (C=O) groups excluding carboxylic acids is 1. The predicted octanol–water partition coefficient (Wildman–Crippen LogP) is 1.86. The van der Waals surface area contributed by atoms with E-state index < -0.39 is 0 Å². The van der Waals surface area contributed by atoms with Gasteiger partial charge in [0.1, 0.15) is 0 Å². The molecule has 2 nitrogen and oxygen atoms in total. The number of nitrogens with zero attached hydrogens (tertiary/aromatic N) is 1. The van der Waals surface area contributed by atoms with Crippen LogP contribution in [-0.4, -0.2) is 34.7 Å². The molecule has 1 aliphatic heterocycles. The number of rotatable bonds is 3.